The van der Waals surface area contributed by atoms with Crippen molar-refractivity contribution in [3.63, 3.8) is 0 Å². The average molecular weight is 241 g/mol. The normalized spacial score (nSPS) is 34.9. The maximum absolute atomic E-state index is 5.98. The molecule has 0 spiro atoms. The van der Waals surface area contributed by atoms with Crippen molar-refractivity contribution in [1.29, 1.82) is 0 Å². The van der Waals surface area contributed by atoms with E-state index in [1.807, 2.05) is 0 Å². The molecule has 2 N–H and O–H groups in total. The van der Waals surface area contributed by atoms with Gasteiger partial charge in [-0.3, -0.25) is 4.90 Å². The van der Waals surface area contributed by atoms with Gasteiger partial charge in [0.2, 0.25) is 0 Å². The van der Waals surface area contributed by atoms with Crippen LogP contribution in [0.2, 0.25) is 0 Å². The van der Waals surface area contributed by atoms with Gasteiger partial charge in [0.15, 0.2) is 0 Å². The lowest BCUT2D eigenvalue weighted by atomic mass is 9.86. The van der Waals surface area contributed by atoms with Crippen molar-refractivity contribution in [3.8, 4) is 0 Å². The van der Waals surface area contributed by atoms with Gasteiger partial charge in [0.05, 0.1) is 6.61 Å². The van der Waals surface area contributed by atoms with Gasteiger partial charge in [-0.25, -0.2) is 0 Å². The van der Waals surface area contributed by atoms with Gasteiger partial charge in [-0.1, -0.05) is 0 Å². The Morgan fingerprint density at radius 1 is 1.47 bits per heavy atom. The van der Waals surface area contributed by atoms with Crippen LogP contribution in [-0.2, 0) is 4.74 Å². The molecule has 2 rings (SSSR count). The largest absolute Gasteiger partial charge is 0.381 e. The van der Waals surface area contributed by atoms with Crippen molar-refractivity contribution in [1.82, 2.24) is 9.80 Å². The summed E-state index contributed by atoms with van der Waals surface area (Å²) in [7, 11) is 4.32. The van der Waals surface area contributed by atoms with E-state index in [0.29, 0.717) is 6.04 Å². The minimum absolute atomic E-state index is 0.231. The molecule has 0 aromatic rings. The molecule has 2 aliphatic rings. The summed E-state index contributed by atoms with van der Waals surface area (Å²) in [4.78, 5) is 4.94. The molecule has 0 amide bonds. The van der Waals surface area contributed by atoms with Crippen LogP contribution in [0.4, 0.5) is 0 Å². The number of hydrogen-bond donors (Lipinski definition) is 1. The first kappa shape index (κ1) is 13.3. The second kappa shape index (κ2) is 5.65. The molecule has 2 fully saturated rings. The fourth-order valence-corrected chi connectivity index (χ4v) is 3.16. The van der Waals surface area contributed by atoms with Crippen LogP contribution in [0.1, 0.15) is 19.3 Å². The highest BCUT2D eigenvalue weighted by Crippen LogP contribution is 2.31. The van der Waals surface area contributed by atoms with Gasteiger partial charge in [0.1, 0.15) is 0 Å². The number of nitrogens with zero attached hydrogens (tertiary/aromatic N) is 2. The molecule has 0 aromatic carbocycles. The first-order valence-electron chi connectivity index (χ1n) is 6.82. The second-order valence-electron chi connectivity index (χ2n) is 6.04. The van der Waals surface area contributed by atoms with Crippen LogP contribution < -0.4 is 5.73 Å². The van der Waals surface area contributed by atoms with Gasteiger partial charge < -0.3 is 15.4 Å². The third-order valence-electron chi connectivity index (χ3n) is 4.23. The minimum Gasteiger partial charge on any atom is -0.381 e. The lowest BCUT2D eigenvalue weighted by Gasteiger charge is -2.35. The average Bonchev–Trinajstić information content (AvgIpc) is 2.90. The summed E-state index contributed by atoms with van der Waals surface area (Å²) in [6.45, 7) is 6.04. The zero-order valence-corrected chi connectivity index (χ0v) is 11.3. The molecule has 2 unspecified atom stereocenters. The fourth-order valence-electron chi connectivity index (χ4n) is 3.16. The molecular weight excluding hydrogens is 214 g/mol. The Morgan fingerprint density at radius 3 is 2.88 bits per heavy atom. The number of likely N-dealkylation sites (tertiary alicyclic amines) is 1. The summed E-state index contributed by atoms with van der Waals surface area (Å²) in [6.07, 6.45) is 3.80. The van der Waals surface area contributed by atoms with E-state index in [1.54, 1.807) is 0 Å². The topological polar surface area (TPSA) is 41.7 Å². The predicted octanol–water partition coefficient (Wildman–Crippen LogP) is 0.378. The molecule has 17 heavy (non-hydrogen) atoms. The van der Waals surface area contributed by atoms with Crippen molar-refractivity contribution in [2.75, 3.05) is 53.5 Å². The number of nitrogens with two attached hydrogens (primary N) is 1. The van der Waals surface area contributed by atoms with Gasteiger partial charge in [-0.05, 0) is 39.9 Å². The van der Waals surface area contributed by atoms with E-state index in [0.717, 1.165) is 32.7 Å². The predicted molar refractivity (Wildman–Crippen MR) is 70.1 cm³/mol. The molecule has 2 atom stereocenters. The van der Waals surface area contributed by atoms with Gasteiger partial charge in [-0.15, -0.1) is 0 Å². The lowest BCUT2D eigenvalue weighted by Crippen LogP contribution is -2.47. The van der Waals surface area contributed by atoms with Gasteiger partial charge in [0.25, 0.3) is 0 Å². The zero-order valence-electron chi connectivity index (χ0n) is 11.3. The Bertz CT molecular complexity index is 239. The van der Waals surface area contributed by atoms with E-state index in [4.69, 9.17) is 10.5 Å². The molecule has 0 bridgehead atoms. The molecule has 2 aliphatic heterocycles. The molecule has 0 radical (unpaired) electrons. The quantitative estimate of drug-likeness (QED) is 0.755. The first-order chi connectivity index (χ1) is 8.15. The lowest BCUT2D eigenvalue weighted by molar-refractivity contribution is 0.101. The molecule has 0 aromatic heterocycles. The summed E-state index contributed by atoms with van der Waals surface area (Å²) in [5.41, 5.74) is 6.21. The van der Waals surface area contributed by atoms with E-state index in [-0.39, 0.29) is 5.41 Å². The summed E-state index contributed by atoms with van der Waals surface area (Å²) < 4.78 is 5.56. The van der Waals surface area contributed by atoms with E-state index in [9.17, 15) is 0 Å². The molecule has 100 valence electrons. The van der Waals surface area contributed by atoms with Crippen LogP contribution in [0.3, 0.4) is 0 Å². The highest BCUT2D eigenvalue weighted by molar-refractivity contribution is 4.91. The molecule has 2 heterocycles. The highest BCUT2D eigenvalue weighted by atomic mass is 16.5. The Hall–Kier alpha value is -0.160. The van der Waals surface area contributed by atoms with Crippen molar-refractivity contribution in [3.05, 3.63) is 0 Å². The van der Waals surface area contributed by atoms with Crippen LogP contribution in [0.5, 0.6) is 0 Å². The summed E-state index contributed by atoms with van der Waals surface area (Å²) in [5.74, 6) is 0. The van der Waals surface area contributed by atoms with E-state index in [1.165, 1.54) is 25.9 Å². The monoisotopic (exact) mass is 241 g/mol. The minimum atomic E-state index is 0.231. The maximum atomic E-state index is 5.98. The molecular formula is C13H27N3O. The standard InChI is InChI=1S/C13H27N3O/c1-15(2)8-12-4-3-6-16(12)10-13(9-14)5-7-17-11-13/h12H,3-11,14H2,1-2H3. The maximum Gasteiger partial charge on any atom is 0.0547 e. The molecule has 4 nitrogen and oxygen atoms in total. The van der Waals surface area contributed by atoms with Crippen LogP contribution in [-0.4, -0.2) is 69.3 Å². The Labute approximate surface area is 105 Å². The molecule has 2 saturated heterocycles. The molecule has 0 saturated carbocycles. The van der Waals surface area contributed by atoms with Gasteiger partial charge in [-0.2, -0.15) is 0 Å². The van der Waals surface area contributed by atoms with Crippen molar-refractivity contribution in [2.45, 2.75) is 25.3 Å². The van der Waals surface area contributed by atoms with Crippen molar-refractivity contribution >= 4 is 0 Å². The Kier molecular flexibility index (Phi) is 4.42. The highest BCUT2D eigenvalue weighted by Gasteiger charge is 2.38. The van der Waals surface area contributed by atoms with Crippen molar-refractivity contribution in [2.24, 2.45) is 11.1 Å². The zero-order chi connectivity index (χ0) is 12.3. The summed E-state index contributed by atoms with van der Waals surface area (Å²) in [6, 6.07) is 0.717. The van der Waals surface area contributed by atoms with Crippen LogP contribution >= 0.6 is 0 Å². The van der Waals surface area contributed by atoms with Crippen LogP contribution in [0, 0.1) is 5.41 Å². The Morgan fingerprint density at radius 2 is 2.29 bits per heavy atom. The van der Waals surface area contributed by atoms with Crippen LogP contribution in [0.15, 0.2) is 0 Å². The third-order valence-corrected chi connectivity index (χ3v) is 4.23. The van der Waals surface area contributed by atoms with E-state index in [2.05, 4.69) is 23.9 Å². The number of hydrogen-bond acceptors (Lipinski definition) is 4. The second-order valence-corrected chi connectivity index (χ2v) is 6.04. The summed E-state index contributed by atoms with van der Waals surface area (Å²) >= 11 is 0. The Balaban J connectivity index is 1.92. The van der Waals surface area contributed by atoms with Gasteiger partial charge in [0, 0.05) is 37.7 Å². The van der Waals surface area contributed by atoms with E-state index < -0.39 is 0 Å². The number of ether oxygens (including phenoxy) is 1. The summed E-state index contributed by atoms with van der Waals surface area (Å²) in [5, 5.41) is 0. The van der Waals surface area contributed by atoms with E-state index >= 15 is 0 Å². The van der Waals surface area contributed by atoms with Crippen molar-refractivity contribution < 1.29 is 4.74 Å². The molecule has 0 aliphatic carbocycles. The first-order valence-corrected chi connectivity index (χ1v) is 6.82. The third kappa shape index (κ3) is 3.19. The number of rotatable bonds is 5. The number of likely N-dealkylation sites (N-methyl/N-ethyl adjacent to an activating group) is 1. The fraction of sp³-hybridized carbons (Fsp3) is 1.00. The SMILES string of the molecule is CN(C)CC1CCCN1CC1(CN)CCOC1. The smallest absolute Gasteiger partial charge is 0.0547 e. The van der Waals surface area contributed by atoms with Crippen LogP contribution in [0.25, 0.3) is 0 Å². The molecule has 4 heteroatoms. The van der Waals surface area contributed by atoms with Gasteiger partial charge >= 0.3 is 0 Å².